The summed E-state index contributed by atoms with van der Waals surface area (Å²) in [7, 11) is 0. The van der Waals surface area contributed by atoms with Gasteiger partial charge in [0.05, 0.1) is 44.1 Å². The summed E-state index contributed by atoms with van der Waals surface area (Å²) in [5, 5.41) is 27.9. The van der Waals surface area contributed by atoms with Crippen molar-refractivity contribution in [1.82, 2.24) is 10.1 Å². The van der Waals surface area contributed by atoms with Crippen molar-refractivity contribution in [1.29, 1.82) is 5.26 Å². The molecule has 0 radical (unpaired) electrons. The summed E-state index contributed by atoms with van der Waals surface area (Å²) >= 11 is 14.7. The van der Waals surface area contributed by atoms with Crippen molar-refractivity contribution in [3.63, 3.8) is 0 Å². The van der Waals surface area contributed by atoms with E-state index in [2.05, 4.69) is 11.2 Å². The van der Waals surface area contributed by atoms with Crippen LogP contribution in [0.5, 0.6) is 0 Å². The minimum absolute atomic E-state index is 0.0811. The quantitative estimate of drug-likeness (QED) is 0.244. The van der Waals surface area contributed by atoms with Gasteiger partial charge in [0.15, 0.2) is 0 Å². The third kappa shape index (κ3) is 3.80. The standard InChI is InChI=1S/C31H27Cl2N3O3S/c32-22-2-1-3-23(33)26(22)27-21(28(39-36-27)18-5-6-18)15-38-30-11-17-8-19(12-30)31(37,20(9-17)13-30)29-35-24-7-4-16(14-34)10-25(24)40-29/h1-4,7,10,17-20,37H,5-6,8-9,11-13,15H2/t17?,19-,20+,30+,31-. The molecule has 1 unspecified atom stereocenters. The van der Waals surface area contributed by atoms with Crippen LogP contribution >= 0.6 is 34.5 Å². The second-order valence-corrected chi connectivity index (χ2v) is 14.0. The first-order valence-electron chi connectivity index (χ1n) is 14.0. The largest absolute Gasteiger partial charge is 0.382 e. The van der Waals surface area contributed by atoms with E-state index in [0.717, 1.165) is 71.5 Å². The number of thiazole rings is 1. The lowest BCUT2D eigenvalue weighted by Gasteiger charge is -2.62. The van der Waals surface area contributed by atoms with E-state index < -0.39 is 5.60 Å². The van der Waals surface area contributed by atoms with E-state index in [1.165, 1.54) is 11.3 Å². The number of benzene rings is 2. The maximum absolute atomic E-state index is 12.3. The zero-order chi connectivity index (χ0) is 27.2. The molecule has 40 heavy (non-hydrogen) atoms. The first-order chi connectivity index (χ1) is 19.4. The van der Waals surface area contributed by atoms with Crippen molar-refractivity contribution in [2.75, 3.05) is 0 Å². The highest BCUT2D eigenvalue weighted by Gasteiger charge is 2.64. The molecule has 4 aromatic rings. The van der Waals surface area contributed by atoms with E-state index >= 15 is 0 Å². The van der Waals surface area contributed by atoms with Gasteiger partial charge in [0.1, 0.15) is 22.1 Å². The fourth-order valence-corrected chi connectivity index (χ4v) is 9.71. The maximum Gasteiger partial charge on any atom is 0.145 e. The van der Waals surface area contributed by atoms with Gasteiger partial charge in [-0.1, -0.05) is 34.4 Å². The molecule has 2 aromatic heterocycles. The lowest BCUT2D eigenvalue weighted by Crippen LogP contribution is -2.62. The molecule has 9 heteroatoms. The van der Waals surface area contributed by atoms with Crippen LogP contribution in [-0.2, 0) is 16.9 Å². The van der Waals surface area contributed by atoms with Crippen LogP contribution < -0.4 is 0 Å². The Bertz CT molecular complexity index is 1670. The number of hydrogen-bond acceptors (Lipinski definition) is 7. The Morgan fingerprint density at radius 1 is 1.10 bits per heavy atom. The monoisotopic (exact) mass is 591 g/mol. The molecule has 5 atom stereocenters. The lowest BCUT2D eigenvalue weighted by molar-refractivity contribution is -0.250. The van der Waals surface area contributed by atoms with Crippen LogP contribution in [0.15, 0.2) is 40.9 Å². The summed E-state index contributed by atoms with van der Waals surface area (Å²) in [4.78, 5) is 4.89. The lowest BCUT2D eigenvalue weighted by atomic mass is 9.48. The first kappa shape index (κ1) is 25.3. The molecule has 0 spiro atoms. The number of aliphatic hydroxyl groups is 1. The molecular formula is C31H27Cl2N3O3S. The molecule has 0 aliphatic heterocycles. The number of nitriles is 1. The molecule has 204 valence electrons. The number of nitrogens with zero attached hydrogens (tertiary/aromatic N) is 3. The Labute approximate surface area is 245 Å². The average Bonchev–Trinajstić information content (AvgIpc) is 3.55. The van der Waals surface area contributed by atoms with Crippen molar-refractivity contribution in [3.05, 3.63) is 68.3 Å². The maximum atomic E-state index is 12.3. The molecule has 6 nitrogen and oxygen atoms in total. The topological polar surface area (TPSA) is 92.2 Å². The number of rotatable bonds is 6. The zero-order valence-corrected chi connectivity index (χ0v) is 24.0. The van der Waals surface area contributed by atoms with Crippen LogP contribution in [0.3, 0.4) is 0 Å². The smallest absolute Gasteiger partial charge is 0.145 e. The van der Waals surface area contributed by atoms with Crippen molar-refractivity contribution < 1.29 is 14.4 Å². The number of aromatic nitrogens is 2. The minimum Gasteiger partial charge on any atom is -0.382 e. The van der Waals surface area contributed by atoms with Gasteiger partial charge < -0.3 is 14.4 Å². The van der Waals surface area contributed by atoms with Gasteiger partial charge in [0, 0.05) is 17.0 Å². The second-order valence-electron chi connectivity index (χ2n) is 12.2. The summed E-state index contributed by atoms with van der Waals surface area (Å²) in [6, 6.07) is 13.2. The summed E-state index contributed by atoms with van der Waals surface area (Å²) in [5.74, 6) is 1.94. The van der Waals surface area contributed by atoms with Gasteiger partial charge in [-0.3, -0.25) is 0 Å². The first-order valence-corrected chi connectivity index (χ1v) is 15.5. The van der Waals surface area contributed by atoms with E-state index in [4.69, 9.17) is 37.4 Å². The number of ether oxygens (including phenoxy) is 1. The second kappa shape index (κ2) is 9.01. The average molecular weight is 593 g/mol. The molecular weight excluding hydrogens is 565 g/mol. The van der Waals surface area contributed by atoms with Crippen molar-refractivity contribution in [2.24, 2.45) is 17.8 Å². The molecule has 0 amide bonds. The summed E-state index contributed by atoms with van der Waals surface area (Å²) < 4.78 is 13.7. The number of fused-ring (bicyclic) bond motifs is 1. The molecule has 5 aliphatic carbocycles. The molecule has 4 bridgehead atoms. The predicted molar refractivity (Wildman–Crippen MR) is 153 cm³/mol. The molecule has 2 aromatic carbocycles. The third-order valence-electron chi connectivity index (χ3n) is 9.73. The Balaban J connectivity index is 1.10. The van der Waals surface area contributed by atoms with Gasteiger partial charge >= 0.3 is 0 Å². The minimum atomic E-state index is -0.965. The molecule has 2 heterocycles. The normalized spacial score (nSPS) is 30.7. The molecule has 1 N–H and O–H groups in total. The van der Waals surface area contributed by atoms with Crippen molar-refractivity contribution in [3.8, 4) is 17.3 Å². The SMILES string of the molecule is N#Cc1ccc2nc([C@@]3(O)[C@@H]4CC5C[C@H]3C[C@](OCc3c(-c6c(Cl)cccc6Cl)noc3C3CC3)(C5)C4)sc2c1. The van der Waals surface area contributed by atoms with Gasteiger partial charge in [-0.15, -0.1) is 11.3 Å². The summed E-state index contributed by atoms with van der Waals surface area (Å²) in [6.07, 6.45) is 6.73. The van der Waals surface area contributed by atoms with Gasteiger partial charge in [-0.25, -0.2) is 4.98 Å². The predicted octanol–water partition coefficient (Wildman–Crippen LogP) is 7.99. The van der Waals surface area contributed by atoms with Crippen molar-refractivity contribution >= 4 is 44.8 Å². The Kier molecular flexibility index (Phi) is 5.69. The van der Waals surface area contributed by atoms with Gasteiger partial charge in [-0.05, 0) is 93.0 Å². The molecule has 5 fully saturated rings. The Morgan fingerprint density at radius 3 is 2.55 bits per heavy atom. The highest BCUT2D eigenvalue weighted by Crippen LogP contribution is 2.65. The van der Waals surface area contributed by atoms with Crippen LogP contribution in [-0.4, -0.2) is 20.8 Å². The van der Waals surface area contributed by atoms with E-state index in [-0.39, 0.29) is 17.4 Å². The molecule has 5 saturated carbocycles. The zero-order valence-electron chi connectivity index (χ0n) is 21.7. The third-order valence-corrected chi connectivity index (χ3v) is 11.5. The van der Waals surface area contributed by atoms with Crippen molar-refractivity contribution in [2.45, 2.75) is 68.7 Å². The highest BCUT2D eigenvalue weighted by atomic mass is 35.5. The van der Waals surface area contributed by atoms with Gasteiger partial charge in [0.25, 0.3) is 0 Å². The number of halogens is 2. The van der Waals surface area contributed by atoms with Crippen LogP contribution in [0.4, 0.5) is 0 Å². The summed E-state index contributed by atoms with van der Waals surface area (Å²) in [6.45, 7) is 0.384. The van der Waals surface area contributed by atoms with Crippen LogP contribution in [0.25, 0.3) is 21.5 Å². The number of hydrogen-bond donors (Lipinski definition) is 1. The van der Waals surface area contributed by atoms with Gasteiger partial charge in [-0.2, -0.15) is 5.26 Å². The van der Waals surface area contributed by atoms with Crippen LogP contribution in [0.1, 0.15) is 72.8 Å². The van der Waals surface area contributed by atoms with E-state index in [1.54, 1.807) is 6.07 Å². The molecule has 5 aliphatic rings. The molecule has 0 saturated heterocycles. The van der Waals surface area contributed by atoms with Crippen LogP contribution in [0, 0.1) is 29.1 Å². The Morgan fingerprint density at radius 2 is 1.85 bits per heavy atom. The Hall–Kier alpha value is -2.47. The fourth-order valence-electron chi connectivity index (χ4n) is 7.88. The molecule has 9 rings (SSSR count). The fraction of sp³-hybridized carbons (Fsp3) is 0.452. The highest BCUT2D eigenvalue weighted by molar-refractivity contribution is 7.18. The van der Waals surface area contributed by atoms with E-state index in [0.29, 0.717) is 45.3 Å². The van der Waals surface area contributed by atoms with E-state index in [9.17, 15) is 10.4 Å². The summed E-state index contributed by atoms with van der Waals surface area (Å²) in [5.41, 5.74) is 2.50. The van der Waals surface area contributed by atoms with Gasteiger partial charge in [0.2, 0.25) is 0 Å². The van der Waals surface area contributed by atoms with Crippen LogP contribution in [0.2, 0.25) is 10.0 Å². The van der Waals surface area contributed by atoms with E-state index in [1.807, 2.05) is 30.3 Å².